The maximum absolute atomic E-state index is 15.3. The number of hydrogen-bond donors (Lipinski definition) is 3. The van der Waals surface area contributed by atoms with Gasteiger partial charge in [0.25, 0.3) is 5.72 Å². The first-order chi connectivity index (χ1) is 25.8. The van der Waals surface area contributed by atoms with E-state index in [9.17, 15) is 24.1 Å². The zero-order chi connectivity index (χ0) is 38.3. The van der Waals surface area contributed by atoms with Crippen molar-refractivity contribution in [2.24, 2.45) is 0 Å². The van der Waals surface area contributed by atoms with Gasteiger partial charge in [-0.3, -0.25) is 4.98 Å². The fourth-order valence-electron chi connectivity index (χ4n) is 6.81. The molecule has 1 saturated heterocycles. The van der Waals surface area contributed by atoms with Crippen LogP contribution in [0.1, 0.15) is 42.5 Å². The van der Waals surface area contributed by atoms with Crippen molar-refractivity contribution in [3.63, 3.8) is 0 Å². The summed E-state index contributed by atoms with van der Waals surface area (Å²) in [5.74, 6) is -5.20. The van der Waals surface area contributed by atoms with Crippen molar-refractivity contribution in [1.82, 2.24) is 39.3 Å². The minimum absolute atomic E-state index is 0.00851. The average molecular weight is 806 g/mol. The number of aliphatic hydroxyl groups excluding tert-OH is 2. The van der Waals surface area contributed by atoms with Crippen molar-refractivity contribution in [3.05, 3.63) is 117 Å². The highest BCUT2D eigenvalue weighted by atomic mass is 35.5. The second-order valence-corrected chi connectivity index (χ2v) is 14.3. The summed E-state index contributed by atoms with van der Waals surface area (Å²) in [7, 11) is 0. The summed E-state index contributed by atoms with van der Waals surface area (Å²) in [4.78, 5) is 9.27. The molecule has 2 fully saturated rings. The zero-order valence-corrected chi connectivity index (χ0v) is 30.1. The largest absolute Gasteiger partial charge is 0.394 e. The van der Waals surface area contributed by atoms with E-state index in [0.29, 0.717) is 11.4 Å². The van der Waals surface area contributed by atoms with Gasteiger partial charge in [-0.15, -0.1) is 0 Å². The number of hydrogen-bond acceptors (Lipinski definition) is 9. The Labute approximate surface area is 318 Å². The summed E-state index contributed by atoms with van der Waals surface area (Å²) in [5, 5.41) is 47.8. The number of ether oxygens (including phenoxy) is 1. The summed E-state index contributed by atoms with van der Waals surface area (Å²) < 4.78 is 69.7. The van der Waals surface area contributed by atoms with Gasteiger partial charge in [0.2, 0.25) is 5.72 Å². The minimum Gasteiger partial charge on any atom is -0.394 e. The van der Waals surface area contributed by atoms with Crippen LogP contribution in [-0.2, 0) is 16.2 Å². The lowest BCUT2D eigenvalue weighted by Gasteiger charge is -2.51. The van der Waals surface area contributed by atoms with Crippen LogP contribution in [-0.4, -0.2) is 73.4 Å². The monoisotopic (exact) mass is 804 g/mol. The molecule has 0 amide bonds. The predicted octanol–water partition coefficient (Wildman–Crippen LogP) is 6.28. The summed E-state index contributed by atoms with van der Waals surface area (Å²) in [6.45, 7) is 0.788. The van der Waals surface area contributed by atoms with Crippen LogP contribution >= 0.6 is 34.8 Å². The van der Waals surface area contributed by atoms with Gasteiger partial charge in [-0.25, -0.2) is 36.6 Å². The van der Waals surface area contributed by atoms with E-state index in [-0.39, 0.29) is 44.8 Å². The summed E-state index contributed by atoms with van der Waals surface area (Å²) in [6.07, 6.45) is 4.19. The molecule has 0 spiro atoms. The van der Waals surface area contributed by atoms with Crippen molar-refractivity contribution in [2.75, 3.05) is 6.61 Å². The van der Waals surface area contributed by atoms with Crippen LogP contribution in [0.25, 0.3) is 27.9 Å². The number of benzene rings is 2. The Morgan fingerprint density at radius 1 is 0.870 bits per heavy atom. The molecule has 12 nitrogen and oxygen atoms in total. The lowest BCUT2D eigenvalue weighted by Crippen LogP contribution is -2.68. The van der Waals surface area contributed by atoms with E-state index in [0.717, 1.165) is 40.5 Å². The first kappa shape index (κ1) is 36.6. The predicted molar refractivity (Wildman–Crippen MR) is 186 cm³/mol. The first-order valence-electron chi connectivity index (χ1n) is 16.4. The quantitative estimate of drug-likeness (QED) is 0.119. The molecular formula is C35H27Cl3F4N8O4. The fourth-order valence-corrected chi connectivity index (χ4v) is 7.26. The van der Waals surface area contributed by atoms with Crippen LogP contribution in [0.3, 0.4) is 0 Å². The molecule has 6 aromatic rings. The topological polar surface area (TPSA) is 149 Å². The van der Waals surface area contributed by atoms with Crippen LogP contribution in [0.5, 0.6) is 0 Å². The van der Waals surface area contributed by atoms with Crippen molar-refractivity contribution in [1.29, 1.82) is 0 Å². The van der Waals surface area contributed by atoms with E-state index < -0.39 is 70.0 Å². The highest BCUT2D eigenvalue weighted by Crippen LogP contribution is 2.51. The van der Waals surface area contributed by atoms with Gasteiger partial charge in [-0.2, -0.15) is 15.3 Å². The molecule has 3 N–H and O–H groups in total. The molecule has 1 aliphatic carbocycles. The molecule has 4 atom stereocenters. The third-order valence-electron chi connectivity index (χ3n) is 9.60. The van der Waals surface area contributed by atoms with Crippen LogP contribution < -0.4 is 0 Å². The summed E-state index contributed by atoms with van der Waals surface area (Å²) in [6, 6.07) is 6.35. The van der Waals surface area contributed by atoms with Crippen molar-refractivity contribution >= 4 is 34.8 Å². The number of aromatic nitrogens is 8. The Bertz CT molecular complexity index is 2440. The smallest absolute Gasteiger partial charge is 0.272 e. The Hall–Kier alpha value is -4.42. The molecule has 1 saturated carbocycles. The Morgan fingerprint density at radius 2 is 1.46 bits per heavy atom. The number of rotatable bonds is 8. The molecule has 19 heteroatoms. The number of aliphatic hydroxyl groups is 3. The molecule has 5 heterocycles. The van der Waals surface area contributed by atoms with E-state index in [2.05, 4.69) is 20.3 Å². The molecule has 0 bridgehead atoms. The lowest BCUT2D eigenvalue weighted by atomic mass is 9.86. The zero-order valence-electron chi connectivity index (χ0n) is 27.8. The molecule has 8 rings (SSSR count). The Kier molecular flexibility index (Phi) is 9.07. The normalized spacial score (nSPS) is 22.9. The van der Waals surface area contributed by atoms with Crippen LogP contribution in [0.4, 0.5) is 17.6 Å². The van der Waals surface area contributed by atoms with Crippen molar-refractivity contribution < 1.29 is 37.6 Å². The molecule has 4 aromatic heterocycles. The first-order valence-corrected chi connectivity index (χ1v) is 17.6. The summed E-state index contributed by atoms with van der Waals surface area (Å²) in [5.41, 5.74) is -4.73. The third kappa shape index (κ3) is 5.70. The molecule has 2 aromatic carbocycles. The van der Waals surface area contributed by atoms with Gasteiger partial charge >= 0.3 is 0 Å². The molecule has 2 aliphatic rings. The molecule has 1 unspecified atom stereocenters. The van der Waals surface area contributed by atoms with E-state index in [1.54, 1.807) is 13.0 Å². The van der Waals surface area contributed by atoms with E-state index in [1.165, 1.54) is 41.6 Å². The molecular weight excluding hydrogens is 779 g/mol. The third-order valence-corrected chi connectivity index (χ3v) is 10.4. The molecule has 1 aliphatic heterocycles. The van der Waals surface area contributed by atoms with Gasteiger partial charge in [0, 0.05) is 53.2 Å². The van der Waals surface area contributed by atoms with Crippen LogP contribution in [0.2, 0.25) is 15.1 Å². The van der Waals surface area contributed by atoms with Gasteiger partial charge in [0.15, 0.2) is 29.1 Å². The Balaban J connectivity index is 1.42. The maximum Gasteiger partial charge on any atom is 0.272 e. The highest BCUT2D eigenvalue weighted by molar-refractivity contribution is 6.31. The number of nitrogens with zero attached hydrogens (tertiary/aromatic N) is 8. The van der Waals surface area contributed by atoms with Gasteiger partial charge in [0.05, 0.1) is 51.6 Å². The second-order valence-electron chi connectivity index (χ2n) is 13.1. The number of aryl methyl sites for hydroxylation is 1. The lowest BCUT2D eigenvalue weighted by molar-refractivity contribution is -0.338. The average Bonchev–Trinajstić information content (AvgIpc) is 3.47. The molecule has 0 radical (unpaired) electrons. The maximum atomic E-state index is 15.3. The SMILES string of the molecule is Cc1nc(C2(n3cc(-c4ccc(Cl)c(F)c4F)cn3)O[C@@H](CO)[C@@H](O)C[C@@]2(O)n2cc(-c3ccc(Cl)c(F)c3F)cn2)n(-c2cc(Cl)cnc2C2CC2)n1. The summed E-state index contributed by atoms with van der Waals surface area (Å²) >= 11 is 18.1. The highest BCUT2D eigenvalue weighted by Gasteiger charge is 2.66. The van der Waals surface area contributed by atoms with Crippen molar-refractivity contribution in [2.45, 2.75) is 55.8 Å². The van der Waals surface area contributed by atoms with Crippen LogP contribution in [0.15, 0.2) is 61.3 Å². The Morgan fingerprint density at radius 3 is 2.06 bits per heavy atom. The second kappa shape index (κ2) is 13.4. The van der Waals surface area contributed by atoms with Crippen molar-refractivity contribution in [3.8, 4) is 27.9 Å². The van der Waals surface area contributed by atoms with Crippen LogP contribution in [0, 0.1) is 30.2 Å². The standard InChI is InChI=1S/C35H27Cl3F4N8O4/c1-16-46-33(50(47-16)25-8-20(36)12-43-32(25)17-2-3-17)35(49-14-19(11-45-49)22-5-7-24(38)31(42)29(22)40)34(53,9-26(52)27(15-51)54-35)48-13-18(10-44-48)21-4-6-23(37)30(41)28(21)39/h4-8,10-14,17,26-27,51-53H,2-3,9,15H2,1H3/t26-,27-,34-,35?/m0/s1. The number of pyridine rings is 1. The van der Waals surface area contributed by atoms with Gasteiger partial charge < -0.3 is 20.1 Å². The van der Waals surface area contributed by atoms with Gasteiger partial charge in [-0.05, 0) is 50.1 Å². The van der Waals surface area contributed by atoms with Gasteiger partial charge in [0.1, 0.15) is 11.9 Å². The molecule has 54 heavy (non-hydrogen) atoms. The van der Waals surface area contributed by atoms with E-state index >= 15 is 8.78 Å². The fraction of sp³-hybridized carbons (Fsp3) is 0.286. The molecule has 280 valence electrons. The van der Waals surface area contributed by atoms with Gasteiger partial charge in [-0.1, -0.05) is 34.8 Å². The number of halogens is 7. The minimum atomic E-state index is -2.63. The van der Waals surface area contributed by atoms with E-state index in [1.807, 2.05) is 0 Å². The van der Waals surface area contributed by atoms with E-state index in [4.69, 9.17) is 44.5 Å².